The van der Waals surface area contributed by atoms with Crippen LogP contribution in [0.4, 0.5) is 24.8 Å². The summed E-state index contributed by atoms with van der Waals surface area (Å²) in [6.45, 7) is 5.86. The molecule has 2 atom stereocenters. The van der Waals surface area contributed by atoms with Gasteiger partial charge >= 0.3 is 12.1 Å². The van der Waals surface area contributed by atoms with Gasteiger partial charge in [-0.15, -0.1) is 0 Å². The number of nitrogens with one attached hydrogen (secondary N) is 1. The molecule has 3 aromatic heterocycles. The van der Waals surface area contributed by atoms with E-state index in [0.717, 1.165) is 18.3 Å². The third kappa shape index (κ3) is 5.46. The Balaban J connectivity index is 1.53. The Labute approximate surface area is 245 Å². The van der Waals surface area contributed by atoms with Gasteiger partial charge in [0.05, 0.1) is 17.6 Å². The van der Waals surface area contributed by atoms with Crippen molar-refractivity contribution in [2.45, 2.75) is 52.1 Å². The number of nitrogen functional groups attached to an aromatic ring is 1. The Morgan fingerprint density at radius 2 is 1.98 bits per heavy atom. The third-order valence-electron chi connectivity index (χ3n) is 8.18. The molecule has 5 rings (SSSR count). The van der Waals surface area contributed by atoms with Crippen LogP contribution in [0.3, 0.4) is 0 Å². The van der Waals surface area contributed by atoms with Crippen molar-refractivity contribution in [2.75, 3.05) is 17.7 Å². The highest BCUT2D eigenvalue weighted by Crippen LogP contribution is 2.51. The first-order valence-electron chi connectivity index (χ1n) is 13.8. The fourth-order valence-corrected chi connectivity index (χ4v) is 5.82. The molecule has 1 aliphatic rings. The Hall–Kier alpha value is -4.68. The SMILES string of the molecule is CCOc1cc(C(=O)Nc2cc(C(F)(F)F)ccn2)ccc1-c1nc([C@H]2CC[C@](C(=O)O)(C(C)C)C2)n2ccnc(N)c12. The zero-order valence-corrected chi connectivity index (χ0v) is 23.8. The van der Waals surface area contributed by atoms with Crippen molar-refractivity contribution in [3.63, 3.8) is 0 Å². The molecule has 0 bridgehead atoms. The second-order valence-corrected chi connectivity index (χ2v) is 10.9. The number of pyridine rings is 1. The highest BCUT2D eigenvalue weighted by atomic mass is 19.4. The summed E-state index contributed by atoms with van der Waals surface area (Å²) in [7, 11) is 0. The number of alkyl halides is 3. The highest BCUT2D eigenvalue weighted by Gasteiger charge is 2.49. The van der Waals surface area contributed by atoms with Crippen LogP contribution in [-0.4, -0.2) is 42.9 Å². The van der Waals surface area contributed by atoms with E-state index in [1.54, 1.807) is 25.4 Å². The maximum absolute atomic E-state index is 13.1. The maximum atomic E-state index is 13.1. The topological polar surface area (TPSA) is 145 Å². The van der Waals surface area contributed by atoms with Crippen molar-refractivity contribution in [3.05, 3.63) is 65.9 Å². The van der Waals surface area contributed by atoms with Crippen molar-refractivity contribution in [1.82, 2.24) is 19.4 Å². The summed E-state index contributed by atoms with van der Waals surface area (Å²) in [4.78, 5) is 38.3. The number of fused-ring (bicyclic) bond motifs is 1. The van der Waals surface area contributed by atoms with Crippen molar-refractivity contribution < 1.29 is 32.6 Å². The van der Waals surface area contributed by atoms with E-state index < -0.39 is 29.0 Å². The van der Waals surface area contributed by atoms with E-state index >= 15 is 0 Å². The second-order valence-electron chi connectivity index (χ2n) is 10.9. The van der Waals surface area contributed by atoms with Crippen LogP contribution in [0.1, 0.15) is 67.7 Å². The molecule has 0 radical (unpaired) electrons. The number of nitrogens with zero attached hydrogens (tertiary/aromatic N) is 4. The summed E-state index contributed by atoms with van der Waals surface area (Å²) in [6, 6.07) is 6.18. The van der Waals surface area contributed by atoms with Gasteiger partial charge in [0, 0.05) is 35.6 Å². The predicted molar refractivity (Wildman–Crippen MR) is 153 cm³/mol. The standard InChI is InChI=1S/C30H31F3N6O4/c1-4-43-21-13-17(27(40)37-22-14-19(8-10-35-22)30(31,32)33)5-6-20(21)23-24-25(34)36-11-12-39(24)26(38-23)18-7-9-29(15-18,16(2)3)28(41)42/h5-6,8,10-14,16,18H,4,7,9,15H2,1-3H3,(H2,34,36)(H,41,42)(H,35,37,40)/t18-,29+/m0/s1. The molecule has 1 aliphatic carbocycles. The lowest BCUT2D eigenvalue weighted by Crippen LogP contribution is -2.33. The van der Waals surface area contributed by atoms with Gasteiger partial charge in [-0.25, -0.2) is 15.0 Å². The summed E-state index contributed by atoms with van der Waals surface area (Å²) >= 11 is 0. The minimum Gasteiger partial charge on any atom is -0.493 e. The van der Waals surface area contributed by atoms with Gasteiger partial charge in [-0.2, -0.15) is 13.2 Å². The zero-order chi connectivity index (χ0) is 31.1. The number of ether oxygens (including phenoxy) is 1. The molecule has 43 heavy (non-hydrogen) atoms. The van der Waals surface area contributed by atoms with E-state index in [-0.39, 0.29) is 35.6 Å². The van der Waals surface area contributed by atoms with Crippen LogP contribution in [-0.2, 0) is 11.0 Å². The first kappa shape index (κ1) is 29.8. The van der Waals surface area contributed by atoms with E-state index in [0.29, 0.717) is 47.6 Å². The highest BCUT2D eigenvalue weighted by molar-refractivity contribution is 6.04. The summed E-state index contributed by atoms with van der Waals surface area (Å²) in [5.74, 6) is -0.800. The van der Waals surface area contributed by atoms with Crippen molar-refractivity contribution in [2.24, 2.45) is 11.3 Å². The largest absolute Gasteiger partial charge is 0.493 e. The molecule has 3 heterocycles. The molecule has 1 saturated carbocycles. The number of aromatic nitrogens is 4. The molecule has 1 aromatic carbocycles. The number of aliphatic carboxylic acids is 1. The number of imidazole rings is 1. The molecule has 0 saturated heterocycles. The van der Waals surface area contributed by atoms with Crippen LogP contribution in [0.5, 0.6) is 5.75 Å². The molecule has 4 N–H and O–H groups in total. The van der Waals surface area contributed by atoms with Crippen LogP contribution in [0, 0.1) is 11.3 Å². The lowest BCUT2D eigenvalue weighted by atomic mass is 9.75. The monoisotopic (exact) mass is 596 g/mol. The summed E-state index contributed by atoms with van der Waals surface area (Å²) in [5.41, 5.74) is 6.14. The summed E-state index contributed by atoms with van der Waals surface area (Å²) in [5, 5.41) is 12.5. The normalized spacial score (nSPS) is 18.7. The van der Waals surface area contributed by atoms with Gasteiger partial charge in [-0.05, 0) is 62.4 Å². The van der Waals surface area contributed by atoms with Crippen molar-refractivity contribution >= 4 is 29.0 Å². The molecule has 1 amide bonds. The molecular weight excluding hydrogens is 565 g/mol. The molecule has 4 aromatic rings. The summed E-state index contributed by atoms with van der Waals surface area (Å²) in [6.07, 6.45) is 1.24. The first-order valence-corrected chi connectivity index (χ1v) is 13.8. The van der Waals surface area contributed by atoms with Crippen LogP contribution in [0.15, 0.2) is 48.9 Å². The Kier molecular flexibility index (Phi) is 7.76. The smallest absolute Gasteiger partial charge is 0.416 e. The lowest BCUT2D eigenvalue weighted by Gasteiger charge is -2.28. The van der Waals surface area contributed by atoms with Crippen LogP contribution >= 0.6 is 0 Å². The molecule has 0 aliphatic heterocycles. The summed E-state index contributed by atoms with van der Waals surface area (Å²) < 4.78 is 47.1. The number of nitrogens with two attached hydrogens (primary N) is 1. The van der Waals surface area contributed by atoms with Gasteiger partial charge in [0.25, 0.3) is 5.91 Å². The number of benzene rings is 1. The number of rotatable bonds is 8. The number of carbonyl (C=O) groups excluding carboxylic acids is 1. The number of carboxylic acids is 1. The Bertz CT molecular complexity index is 1700. The molecule has 226 valence electrons. The van der Waals surface area contributed by atoms with Gasteiger partial charge in [-0.3, -0.25) is 14.0 Å². The van der Waals surface area contributed by atoms with Crippen LogP contribution in [0.2, 0.25) is 0 Å². The lowest BCUT2D eigenvalue weighted by molar-refractivity contribution is -0.151. The van der Waals surface area contributed by atoms with E-state index in [1.165, 1.54) is 12.1 Å². The number of carbonyl (C=O) groups is 2. The van der Waals surface area contributed by atoms with Gasteiger partial charge in [0.15, 0.2) is 0 Å². The number of hydrogen-bond acceptors (Lipinski definition) is 7. The fourth-order valence-electron chi connectivity index (χ4n) is 5.82. The van der Waals surface area contributed by atoms with E-state index in [9.17, 15) is 27.9 Å². The Morgan fingerprint density at radius 3 is 2.63 bits per heavy atom. The van der Waals surface area contributed by atoms with Crippen LogP contribution in [0.25, 0.3) is 16.8 Å². The van der Waals surface area contributed by atoms with Gasteiger partial charge in [0.2, 0.25) is 0 Å². The van der Waals surface area contributed by atoms with Gasteiger partial charge in [0.1, 0.15) is 34.4 Å². The number of anilines is 2. The molecule has 0 spiro atoms. The third-order valence-corrected chi connectivity index (χ3v) is 8.18. The number of amides is 1. The zero-order valence-electron chi connectivity index (χ0n) is 23.8. The van der Waals surface area contributed by atoms with Crippen molar-refractivity contribution in [1.29, 1.82) is 0 Å². The molecular formula is C30H31F3N6O4. The van der Waals surface area contributed by atoms with E-state index in [2.05, 4.69) is 15.3 Å². The average Bonchev–Trinajstić information content (AvgIpc) is 3.57. The predicted octanol–water partition coefficient (Wildman–Crippen LogP) is 6.04. The number of hydrogen-bond donors (Lipinski definition) is 3. The number of carboxylic acid groups (broad SMARTS) is 1. The molecule has 10 nitrogen and oxygen atoms in total. The maximum Gasteiger partial charge on any atom is 0.416 e. The molecule has 0 unspecified atom stereocenters. The number of halogens is 3. The van der Waals surface area contributed by atoms with Crippen molar-refractivity contribution in [3.8, 4) is 17.0 Å². The average molecular weight is 597 g/mol. The minimum absolute atomic E-state index is 0.0678. The quantitative estimate of drug-likeness (QED) is 0.223. The second kappa shape index (κ2) is 11.2. The van der Waals surface area contributed by atoms with E-state index in [4.69, 9.17) is 15.5 Å². The molecule has 13 heteroatoms. The van der Waals surface area contributed by atoms with Gasteiger partial charge < -0.3 is 20.9 Å². The molecule has 1 fully saturated rings. The fraction of sp³-hybridized carbons (Fsp3) is 0.367. The van der Waals surface area contributed by atoms with E-state index in [1.807, 2.05) is 18.2 Å². The Morgan fingerprint density at radius 1 is 1.21 bits per heavy atom. The minimum atomic E-state index is -4.59. The first-order chi connectivity index (χ1) is 20.4. The van der Waals surface area contributed by atoms with Crippen LogP contribution < -0.4 is 15.8 Å². The van der Waals surface area contributed by atoms with Gasteiger partial charge in [-0.1, -0.05) is 13.8 Å².